The highest BCUT2D eigenvalue weighted by Gasteiger charge is 2.06. The zero-order valence-corrected chi connectivity index (χ0v) is 11.7. The second-order valence-electron chi connectivity index (χ2n) is 3.77. The second kappa shape index (κ2) is 6.66. The van der Waals surface area contributed by atoms with Crippen LogP contribution in [0.15, 0.2) is 12.1 Å². The van der Waals surface area contributed by atoms with Crippen LogP contribution in [0.25, 0.3) is 0 Å². The molecule has 1 unspecified atom stereocenters. The molecule has 1 aromatic heterocycles. The number of hydrogen-bond acceptors (Lipinski definition) is 4. The first kappa shape index (κ1) is 14.1. The maximum absolute atomic E-state index is 10.9. The number of aromatic nitrogens is 1. The topological polar surface area (TPSA) is 68.0 Å². The van der Waals surface area contributed by atoms with Gasteiger partial charge in [0.2, 0.25) is 0 Å². The Labute approximate surface area is 109 Å². The Kier molecular flexibility index (Phi) is 5.50. The van der Waals surface area contributed by atoms with Crippen molar-refractivity contribution in [2.24, 2.45) is 5.73 Å². The van der Waals surface area contributed by atoms with E-state index >= 15 is 0 Å². The van der Waals surface area contributed by atoms with Crippen LogP contribution >= 0.6 is 12.2 Å². The molecule has 0 fully saturated rings. The van der Waals surface area contributed by atoms with Gasteiger partial charge in [-0.05, 0) is 25.5 Å². The van der Waals surface area contributed by atoms with E-state index in [0.29, 0.717) is 23.1 Å². The lowest BCUT2D eigenvalue weighted by atomic mass is 10.2. The van der Waals surface area contributed by atoms with E-state index in [1.807, 2.05) is 19.1 Å². The summed E-state index contributed by atoms with van der Waals surface area (Å²) in [4.78, 5) is 4.69. The van der Waals surface area contributed by atoms with E-state index in [1.165, 1.54) is 0 Å². The lowest BCUT2D eigenvalue weighted by Gasteiger charge is -2.10. The van der Waals surface area contributed by atoms with E-state index < -0.39 is 10.8 Å². The van der Waals surface area contributed by atoms with E-state index in [9.17, 15) is 4.21 Å². The maximum atomic E-state index is 10.9. The predicted octanol–water partition coefficient (Wildman–Crippen LogP) is 1.20. The van der Waals surface area contributed by atoms with Gasteiger partial charge in [-0.2, -0.15) is 0 Å². The third-order valence-electron chi connectivity index (χ3n) is 2.20. The zero-order chi connectivity index (χ0) is 12.8. The lowest BCUT2D eigenvalue weighted by Crippen LogP contribution is -2.16. The molecule has 17 heavy (non-hydrogen) atoms. The molecule has 1 atom stereocenters. The second-order valence-corrected chi connectivity index (χ2v) is 5.77. The first-order valence-corrected chi connectivity index (χ1v) is 7.45. The molecule has 0 bridgehead atoms. The molecule has 0 spiro atoms. The molecule has 1 rings (SSSR count). The van der Waals surface area contributed by atoms with Gasteiger partial charge in [-0.15, -0.1) is 0 Å². The molecule has 6 heteroatoms. The van der Waals surface area contributed by atoms with Crippen molar-refractivity contribution in [1.29, 1.82) is 0 Å². The van der Waals surface area contributed by atoms with E-state index in [0.717, 1.165) is 17.7 Å². The van der Waals surface area contributed by atoms with Crippen LogP contribution in [0.3, 0.4) is 0 Å². The largest absolute Gasteiger partial charge is 0.389 e. The van der Waals surface area contributed by atoms with E-state index in [1.54, 1.807) is 6.26 Å². The fraction of sp³-hybridized carbons (Fsp3) is 0.455. The van der Waals surface area contributed by atoms with Crippen molar-refractivity contribution in [3.05, 3.63) is 23.4 Å². The highest BCUT2D eigenvalue weighted by atomic mass is 32.2. The van der Waals surface area contributed by atoms with Crippen molar-refractivity contribution in [2.75, 3.05) is 23.9 Å². The highest BCUT2D eigenvalue weighted by Crippen LogP contribution is 2.13. The summed E-state index contributed by atoms with van der Waals surface area (Å²) in [5.74, 6) is 1.39. The molecule has 3 N–H and O–H groups in total. The third-order valence-corrected chi connectivity index (χ3v) is 3.28. The van der Waals surface area contributed by atoms with Gasteiger partial charge in [-0.25, -0.2) is 4.98 Å². The summed E-state index contributed by atoms with van der Waals surface area (Å²) in [6.45, 7) is 2.63. The monoisotopic (exact) mass is 271 g/mol. The van der Waals surface area contributed by atoms with E-state index in [2.05, 4.69) is 10.3 Å². The van der Waals surface area contributed by atoms with E-state index in [-0.39, 0.29) is 0 Å². The molecular weight excluding hydrogens is 254 g/mol. The summed E-state index contributed by atoms with van der Waals surface area (Å²) >= 11 is 4.96. The van der Waals surface area contributed by atoms with Gasteiger partial charge in [0, 0.05) is 35.0 Å². The van der Waals surface area contributed by atoms with Crippen molar-refractivity contribution in [3.8, 4) is 0 Å². The minimum atomic E-state index is -0.753. The number of nitrogens with one attached hydrogen (secondary N) is 1. The number of hydrogen-bond donors (Lipinski definition) is 2. The molecule has 1 aromatic rings. The standard InChI is InChI=1S/C11H17N3OS2/c1-8-4-5-9(10(12)16)11(14-8)13-6-3-7-17(2)15/h4-5H,3,6-7H2,1-2H3,(H2,12,16)(H,13,14). The molecule has 0 radical (unpaired) electrons. The number of nitrogens with zero attached hydrogens (tertiary/aromatic N) is 1. The molecule has 0 saturated carbocycles. The predicted molar refractivity (Wildman–Crippen MR) is 76.9 cm³/mol. The Hall–Kier alpha value is -1.01. The molecule has 0 saturated heterocycles. The minimum absolute atomic E-state index is 0.332. The number of pyridine rings is 1. The summed E-state index contributed by atoms with van der Waals surface area (Å²) < 4.78 is 10.9. The molecule has 4 nitrogen and oxygen atoms in total. The Balaban J connectivity index is 2.65. The van der Waals surface area contributed by atoms with Crippen molar-refractivity contribution >= 4 is 33.8 Å². The molecule has 1 heterocycles. The SMILES string of the molecule is Cc1ccc(C(N)=S)c(NCCCS(C)=O)n1. The summed E-state index contributed by atoms with van der Waals surface area (Å²) in [6.07, 6.45) is 2.53. The fourth-order valence-corrected chi connectivity index (χ4v) is 2.09. The molecule has 0 amide bonds. The van der Waals surface area contributed by atoms with Crippen LogP contribution in [-0.2, 0) is 10.8 Å². The Morgan fingerprint density at radius 1 is 1.59 bits per heavy atom. The molecule has 0 aliphatic heterocycles. The number of aryl methyl sites for hydroxylation is 1. The lowest BCUT2D eigenvalue weighted by molar-refractivity contribution is 0.685. The van der Waals surface area contributed by atoms with Crippen LogP contribution < -0.4 is 11.1 Å². The highest BCUT2D eigenvalue weighted by molar-refractivity contribution is 7.84. The molecule has 0 aliphatic carbocycles. The zero-order valence-electron chi connectivity index (χ0n) is 10.0. The van der Waals surface area contributed by atoms with Gasteiger partial charge in [0.15, 0.2) is 0 Å². The van der Waals surface area contributed by atoms with Crippen molar-refractivity contribution in [1.82, 2.24) is 4.98 Å². The van der Waals surface area contributed by atoms with Crippen LogP contribution in [0, 0.1) is 6.92 Å². The van der Waals surface area contributed by atoms with Crippen LogP contribution in [0.2, 0.25) is 0 Å². The van der Waals surface area contributed by atoms with Crippen LogP contribution in [0.5, 0.6) is 0 Å². The summed E-state index contributed by atoms with van der Waals surface area (Å²) in [5, 5.41) is 3.18. The average Bonchev–Trinajstić information content (AvgIpc) is 2.23. The Morgan fingerprint density at radius 2 is 2.29 bits per heavy atom. The van der Waals surface area contributed by atoms with E-state index in [4.69, 9.17) is 18.0 Å². The number of nitrogens with two attached hydrogens (primary N) is 1. The van der Waals surface area contributed by atoms with Gasteiger partial charge in [0.25, 0.3) is 0 Å². The van der Waals surface area contributed by atoms with Gasteiger partial charge in [0.05, 0.1) is 5.56 Å². The van der Waals surface area contributed by atoms with Crippen LogP contribution in [0.1, 0.15) is 17.7 Å². The van der Waals surface area contributed by atoms with Gasteiger partial charge in [-0.1, -0.05) is 12.2 Å². The van der Waals surface area contributed by atoms with Crippen LogP contribution in [-0.4, -0.2) is 32.7 Å². The molecule has 0 aliphatic rings. The average molecular weight is 271 g/mol. The first-order chi connectivity index (χ1) is 8.00. The normalized spacial score (nSPS) is 12.1. The number of anilines is 1. The molecule has 0 aromatic carbocycles. The van der Waals surface area contributed by atoms with Gasteiger partial charge in [0.1, 0.15) is 10.8 Å². The Bertz CT molecular complexity index is 435. The molecule has 94 valence electrons. The summed E-state index contributed by atoms with van der Waals surface area (Å²) in [7, 11) is -0.753. The van der Waals surface area contributed by atoms with Crippen molar-refractivity contribution in [2.45, 2.75) is 13.3 Å². The molecular formula is C11H17N3OS2. The first-order valence-electron chi connectivity index (χ1n) is 5.32. The smallest absolute Gasteiger partial charge is 0.136 e. The summed E-state index contributed by atoms with van der Waals surface area (Å²) in [6, 6.07) is 3.74. The van der Waals surface area contributed by atoms with Gasteiger partial charge < -0.3 is 11.1 Å². The van der Waals surface area contributed by atoms with Crippen LogP contribution in [0.4, 0.5) is 5.82 Å². The number of thiocarbonyl (C=S) groups is 1. The van der Waals surface area contributed by atoms with Gasteiger partial charge in [-0.3, -0.25) is 4.21 Å². The van der Waals surface area contributed by atoms with Crippen molar-refractivity contribution < 1.29 is 4.21 Å². The quantitative estimate of drug-likeness (QED) is 0.601. The Morgan fingerprint density at radius 3 is 2.88 bits per heavy atom. The minimum Gasteiger partial charge on any atom is -0.389 e. The number of rotatable bonds is 6. The third kappa shape index (κ3) is 4.79. The maximum Gasteiger partial charge on any atom is 0.136 e. The van der Waals surface area contributed by atoms with Crippen molar-refractivity contribution in [3.63, 3.8) is 0 Å². The van der Waals surface area contributed by atoms with Gasteiger partial charge >= 0.3 is 0 Å². The fourth-order valence-electron chi connectivity index (χ4n) is 1.37. The summed E-state index contributed by atoms with van der Waals surface area (Å²) in [5.41, 5.74) is 7.28.